The van der Waals surface area contributed by atoms with Crippen LogP contribution in [-0.2, 0) is 46.3 Å². The van der Waals surface area contributed by atoms with Gasteiger partial charge >= 0.3 is 5.97 Å². The molecule has 0 saturated heterocycles. The summed E-state index contributed by atoms with van der Waals surface area (Å²) in [5.74, 6) is -1.23. The number of amides is 3. The first kappa shape index (κ1) is 55.3. The lowest BCUT2D eigenvalue weighted by molar-refractivity contribution is -0.139. The van der Waals surface area contributed by atoms with Crippen molar-refractivity contribution >= 4 is 52.9 Å². The molecular weight excluding hydrogens is 995 g/mol. The van der Waals surface area contributed by atoms with Crippen molar-refractivity contribution in [1.29, 1.82) is 0 Å². The van der Waals surface area contributed by atoms with E-state index in [2.05, 4.69) is 125 Å². The third-order valence-electron chi connectivity index (χ3n) is 13.2. The Morgan fingerprint density at radius 2 is 0.948 bits per heavy atom. The average Bonchev–Trinajstić information content (AvgIpc) is 3.51. The largest absolute Gasteiger partial charge is 0.469 e. The number of anilines is 1. The minimum atomic E-state index is -1.14. The average molecular weight is 1060 g/mol. The summed E-state index contributed by atoms with van der Waals surface area (Å²) in [5, 5.41) is 20.3. The lowest BCUT2D eigenvalue weighted by atomic mass is 9.84. The molecule has 0 heterocycles. The van der Waals surface area contributed by atoms with Crippen LogP contribution in [0.25, 0.3) is 0 Å². The zero-order chi connectivity index (χ0) is 53.7. The van der Waals surface area contributed by atoms with E-state index in [1.165, 1.54) is 18.9 Å². The highest BCUT2D eigenvalue weighted by atomic mass is 32.2. The lowest BCUT2D eigenvalue weighted by Crippen LogP contribution is -2.54. The van der Waals surface area contributed by atoms with E-state index in [1.807, 2.05) is 121 Å². The van der Waals surface area contributed by atoms with Crippen molar-refractivity contribution in [3.63, 3.8) is 0 Å². The van der Waals surface area contributed by atoms with Gasteiger partial charge in [0.15, 0.2) is 0 Å². The quantitative estimate of drug-likeness (QED) is 0.0192. The highest BCUT2D eigenvalue weighted by Gasteiger charge is 2.40. The third-order valence-corrected chi connectivity index (χ3v) is 16.5. The van der Waals surface area contributed by atoms with Gasteiger partial charge in [-0.2, -0.15) is 0 Å². The van der Waals surface area contributed by atoms with E-state index in [4.69, 9.17) is 4.74 Å². The van der Waals surface area contributed by atoms with Crippen molar-refractivity contribution < 1.29 is 29.0 Å². The number of thioether (sulfide) groups is 2. The molecule has 390 valence electrons. The molecule has 3 amide bonds. The summed E-state index contributed by atoms with van der Waals surface area (Å²) in [6.45, 7) is 0. The van der Waals surface area contributed by atoms with Crippen LogP contribution in [0.1, 0.15) is 57.3 Å². The van der Waals surface area contributed by atoms with Crippen LogP contribution >= 0.6 is 23.5 Å². The maximum Gasteiger partial charge on any atom is 0.309 e. The fourth-order valence-electron chi connectivity index (χ4n) is 9.53. The van der Waals surface area contributed by atoms with Gasteiger partial charge in [-0.05, 0) is 68.8 Å². The SMILES string of the molecule is COC(=O)Cc1cccc(NC(=O)[C@@H](CSC(c2ccccc2)(c2ccccc2)c2ccccc2)NC(=O)[C@@H](Cc2ccccc2)NC(=O)C[C@H](O)/C=C/CCSC(c2ccccc2)(c2ccccc2)c2ccccc2)c1. The number of ether oxygens (including phenoxy) is 1. The van der Waals surface area contributed by atoms with Crippen molar-refractivity contribution in [3.05, 3.63) is 293 Å². The van der Waals surface area contributed by atoms with E-state index in [0.717, 1.165) is 38.9 Å². The number of esters is 1. The zero-order valence-corrected chi connectivity index (χ0v) is 44.6. The highest BCUT2D eigenvalue weighted by molar-refractivity contribution is 8.00. The number of carbonyl (C=O) groups excluding carboxylic acids is 4. The second-order valence-electron chi connectivity index (χ2n) is 18.5. The normalized spacial score (nSPS) is 12.7. The van der Waals surface area contributed by atoms with Crippen LogP contribution in [0, 0.1) is 0 Å². The van der Waals surface area contributed by atoms with Gasteiger partial charge in [0.05, 0.1) is 35.5 Å². The van der Waals surface area contributed by atoms with Crippen LogP contribution in [-0.4, -0.2) is 65.6 Å². The van der Waals surface area contributed by atoms with E-state index >= 15 is 0 Å². The zero-order valence-electron chi connectivity index (χ0n) is 43.0. The Bertz CT molecular complexity index is 2960. The molecule has 3 atom stereocenters. The van der Waals surface area contributed by atoms with Crippen LogP contribution in [0.2, 0.25) is 0 Å². The second kappa shape index (κ2) is 27.7. The number of hydrogen-bond donors (Lipinski definition) is 4. The molecule has 8 rings (SSSR count). The van der Waals surface area contributed by atoms with E-state index in [9.17, 15) is 24.3 Å². The van der Waals surface area contributed by atoms with Gasteiger partial charge in [0.25, 0.3) is 0 Å². The minimum absolute atomic E-state index is 0.00724. The molecule has 11 heteroatoms. The number of benzene rings is 8. The van der Waals surface area contributed by atoms with E-state index < -0.39 is 51.4 Å². The molecule has 0 unspecified atom stereocenters. The topological polar surface area (TPSA) is 134 Å². The summed E-state index contributed by atoms with van der Waals surface area (Å²) < 4.78 is 3.57. The minimum Gasteiger partial charge on any atom is -0.469 e. The highest BCUT2D eigenvalue weighted by Crippen LogP contribution is 2.50. The summed E-state index contributed by atoms with van der Waals surface area (Å²) in [4.78, 5) is 55.8. The first-order valence-corrected chi connectivity index (χ1v) is 27.7. The molecule has 77 heavy (non-hydrogen) atoms. The van der Waals surface area contributed by atoms with Gasteiger partial charge in [-0.25, -0.2) is 0 Å². The molecule has 0 radical (unpaired) electrons. The maximum absolute atomic E-state index is 14.9. The van der Waals surface area contributed by atoms with E-state index in [-0.39, 0.29) is 25.0 Å². The van der Waals surface area contributed by atoms with Gasteiger partial charge in [-0.1, -0.05) is 237 Å². The van der Waals surface area contributed by atoms with Crippen LogP contribution in [0.4, 0.5) is 5.69 Å². The Kier molecular flexibility index (Phi) is 19.9. The molecule has 4 N–H and O–H groups in total. The summed E-state index contributed by atoms with van der Waals surface area (Å²) in [6, 6.07) is 75.6. The molecule has 0 bridgehead atoms. The van der Waals surface area contributed by atoms with Gasteiger partial charge in [-0.3, -0.25) is 19.2 Å². The van der Waals surface area contributed by atoms with Crippen molar-refractivity contribution in [1.82, 2.24) is 10.6 Å². The first-order valence-electron chi connectivity index (χ1n) is 25.7. The number of rotatable bonds is 25. The number of aliphatic hydroxyl groups is 1. The number of allylic oxidation sites excluding steroid dienone is 1. The molecule has 0 fully saturated rings. The van der Waals surface area contributed by atoms with Crippen LogP contribution < -0.4 is 16.0 Å². The van der Waals surface area contributed by atoms with Gasteiger partial charge in [0.1, 0.15) is 12.1 Å². The number of carbonyl (C=O) groups is 4. The standard InChI is InChI=1S/C66H63N3O6S2/c1-75-62(72)46-50-28-25-41-57(44-50)67-64(74)60(48-77-66(54-35-17-6-18-36-54,55-37-19-7-20-38-55)56-39-21-8-22-40-56)69-63(73)59(45-49-26-9-2-10-27-49)68-61(71)47-58(70)42-23-24-43-76-65(51-29-11-3-12-30-51,52-31-13-4-14-32-52)53-33-15-5-16-34-53/h2-23,25-42,44,58-60,70H,24,43,45-48H2,1H3,(H,67,74)(H,68,71)(H,69,73)/b42-23+/t58-,59-,60-/m1/s1. The molecule has 8 aromatic carbocycles. The molecule has 0 aliphatic carbocycles. The summed E-state index contributed by atoms with van der Waals surface area (Å²) in [6.07, 6.45) is 2.86. The van der Waals surface area contributed by atoms with Gasteiger partial charge in [0.2, 0.25) is 17.7 Å². The lowest BCUT2D eigenvalue weighted by Gasteiger charge is -2.36. The number of nitrogens with one attached hydrogen (secondary N) is 3. The van der Waals surface area contributed by atoms with Gasteiger partial charge in [0, 0.05) is 17.9 Å². The molecule has 8 aromatic rings. The van der Waals surface area contributed by atoms with E-state index in [0.29, 0.717) is 23.4 Å². The molecule has 0 saturated carbocycles. The van der Waals surface area contributed by atoms with Crippen molar-refractivity contribution in [3.8, 4) is 0 Å². The fourth-order valence-corrected chi connectivity index (χ4v) is 12.6. The van der Waals surface area contributed by atoms with Crippen molar-refractivity contribution in [2.24, 2.45) is 0 Å². The fraction of sp³-hybridized carbons (Fsp3) is 0.182. The summed E-state index contributed by atoms with van der Waals surface area (Å²) >= 11 is 3.33. The predicted molar refractivity (Wildman–Crippen MR) is 313 cm³/mol. The Balaban J connectivity index is 1.02. The summed E-state index contributed by atoms with van der Waals surface area (Å²) in [5.41, 5.74) is 8.25. The number of methoxy groups -OCH3 is 1. The molecule has 0 aliphatic heterocycles. The smallest absolute Gasteiger partial charge is 0.309 e. The Hall–Kier alpha value is -7.96. The maximum atomic E-state index is 14.9. The Morgan fingerprint density at radius 3 is 1.40 bits per heavy atom. The third kappa shape index (κ3) is 14.5. The predicted octanol–water partition coefficient (Wildman–Crippen LogP) is 11.7. The Labute approximate surface area is 460 Å². The molecule has 0 aromatic heterocycles. The monoisotopic (exact) mass is 1060 g/mol. The van der Waals surface area contributed by atoms with Crippen molar-refractivity contribution in [2.45, 2.75) is 53.4 Å². The van der Waals surface area contributed by atoms with Gasteiger partial charge in [-0.15, -0.1) is 23.5 Å². The number of hydrogen-bond acceptors (Lipinski definition) is 8. The molecule has 0 spiro atoms. The van der Waals surface area contributed by atoms with E-state index in [1.54, 1.807) is 30.3 Å². The number of aliphatic hydroxyl groups excluding tert-OH is 1. The first-order chi connectivity index (χ1) is 37.7. The second-order valence-corrected chi connectivity index (χ2v) is 21.1. The van der Waals surface area contributed by atoms with Crippen LogP contribution in [0.15, 0.2) is 249 Å². The molecular formula is C66H63N3O6S2. The molecule has 9 nitrogen and oxygen atoms in total. The van der Waals surface area contributed by atoms with Crippen molar-refractivity contribution in [2.75, 3.05) is 23.9 Å². The Morgan fingerprint density at radius 1 is 0.519 bits per heavy atom. The van der Waals surface area contributed by atoms with Crippen LogP contribution in [0.3, 0.4) is 0 Å². The van der Waals surface area contributed by atoms with Crippen LogP contribution in [0.5, 0.6) is 0 Å². The summed E-state index contributed by atoms with van der Waals surface area (Å²) in [7, 11) is 1.32. The van der Waals surface area contributed by atoms with Gasteiger partial charge < -0.3 is 25.8 Å². The molecule has 0 aliphatic rings.